The molecule has 3 fully saturated rings. The molecule has 3 rings (SSSR count). The smallest absolute Gasteiger partial charge is 0.240 e. The number of nitrogens with zero attached hydrogens (tertiary/aromatic N) is 1. The second-order valence-electron chi connectivity index (χ2n) is 6.12. The third-order valence-electron chi connectivity index (χ3n) is 5.10. The number of rotatable bonds is 1. The lowest BCUT2D eigenvalue weighted by Gasteiger charge is -2.36. The van der Waals surface area contributed by atoms with Crippen molar-refractivity contribution in [3.8, 4) is 0 Å². The van der Waals surface area contributed by atoms with Crippen molar-refractivity contribution in [3.63, 3.8) is 0 Å². The van der Waals surface area contributed by atoms with Crippen molar-refractivity contribution in [3.05, 3.63) is 0 Å². The fourth-order valence-electron chi connectivity index (χ4n) is 4.06. The Hall–Kier alpha value is -0.570. The highest BCUT2D eigenvalue weighted by molar-refractivity contribution is 5.83. The predicted molar refractivity (Wildman–Crippen MR) is 67.6 cm³/mol. The van der Waals surface area contributed by atoms with Crippen LogP contribution in [0.1, 0.15) is 45.4 Å². The van der Waals surface area contributed by atoms with Crippen LogP contribution in [0.15, 0.2) is 0 Å². The number of hydrogen-bond acceptors (Lipinski definition) is 2. The lowest BCUT2D eigenvalue weighted by atomic mass is 9.92. The van der Waals surface area contributed by atoms with E-state index in [1.807, 2.05) is 0 Å². The summed E-state index contributed by atoms with van der Waals surface area (Å²) in [5, 5.41) is 3.49. The van der Waals surface area contributed by atoms with Crippen molar-refractivity contribution in [2.75, 3.05) is 13.1 Å². The van der Waals surface area contributed by atoms with E-state index in [2.05, 4.69) is 17.1 Å². The van der Waals surface area contributed by atoms with E-state index in [-0.39, 0.29) is 6.04 Å². The number of hydrogen-bond donors (Lipinski definition) is 1. The van der Waals surface area contributed by atoms with E-state index in [0.717, 1.165) is 19.0 Å². The maximum Gasteiger partial charge on any atom is 0.240 e. The summed E-state index contributed by atoms with van der Waals surface area (Å²) >= 11 is 0. The van der Waals surface area contributed by atoms with Crippen LogP contribution in [0.2, 0.25) is 0 Å². The lowest BCUT2D eigenvalue weighted by molar-refractivity contribution is -0.137. The van der Waals surface area contributed by atoms with Gasteiger partial charge >= 0.3 is 0 Å². The Balaban J connectivity index is 1.69. The van der Waals surface area contributed by atoms with Crippen LogP contribution in [0.5, 0.6) is 0 Å². The minimum atomic E-state index is 0.142. The number of nitrogens with one attached hydrogen (secondary N) is 1. The highest BCUT2D eigenvalue weighted by Gasteiger charge is 2.44. The molecular weight excluding hydrogens is 212 g/mol. The average molecular weight is 236 g/mol. The molecule has 0 bridgehead atoms. The van der Waals surface area contributed by atoms with Gasteiger partial charge in [0.05, 0.1) is 6.04 Å². The molecule has 1 amide bonds. The van der Waals surface area contributed by atoms with Gasteiger partial charge in [0.2, 0.25) is 5.91 Å². The van der Waals surface area contributed by atoms with Crippen LogP contribution in [-0.4, -0.2) is 36.0 Å². The molecule has 1 saturated carbocycles. The van der Waals surface area contributed by atoms with Crippen LogP contribution in [0.4, 0.5) is 0 Å². The molecule has 0 aromatic carbocycles. The summed E-state index contributed by atoms with van der Waals surface area (Å²) < 4.78 is 0. The molecule has 0 aromatic heterocycles. The first-order chi connectivity index (χ1) is 8.27. The molecule has 3 aliphatic rings. The first kappa shape index (κ1) is 11.5. The second kappa shape index (κ2) is 4.60. The van der Waals surface area contributed by atoms with Crippen molar-refractivity contribution in [2.24, 2.45) is 11.8 Å². The fraction of sp³-hybridized carbons (Fsp3) is 0.929. The topological polar surface area (TPSA) is 32.3 Å². The number of carbonyl (C=O) groups is 1. The summed E-state index contributed by atoms with van der Waals surface area (Å²) in [5.41, 5.74) is 0. The van der Waals surface area contributed by atoms with Gasteiger partial charge in [-0.2, -0.15) is 0 Å². The standard InChI is InChI=1S/C14H24N2O/c1-10-5-2-3-8-16(10)14(17)13-12-7-4-6-11(12)9-15-13/h10-13,15H,2-9H2,1H3. The van der Waals surface area contributed by atoms with Crippen LogP contribution in [-0.2, 0) is 4.79 Å². The zero-order valence-electron chi connectivity index (χ0n) is 10.8. The van der Waals surface area contributed by atoms with E-state index < -0.39 is 0 Å². The first-order valence-electron chi connectivity index (χ1n) is 7.31. The Morgan fingerprint density at radius 3 is 2.88 bits per heavy atom. The van der Waals surface area contributed by atoms with Crippen molar-refractivity contribution in [2.45, 2.75) is 57.5 Å². The summed E-state index contributed by atoms with van der Waals surface area (Å²) in [5.74, 6) is 1.81. The van der Waals surface area contributed by atoms with Gasteiger partial charge in [0, 0.05) is 12.6 Å². The summed E-state index contributed by atoms with van der Waals surface area (Å²) in [4.78, 5) is 14.8. The third kappa shape index (κ3) is 1.99. The maximum absolute atomic E-state index is 12.6. The molecule has 0 radical (unpaired) electrons. The fourth-order valence-corrected chi connectivity index (χ4v) is 4.06. The van der Waals surface area contributed by atoms with Crippen molar-refractivity contribution < 1.29 is 4.79 Å². The molecule has 1 N–H and O–H groups in total. The van der Waals surface area contributed by atoms with Gasteiger partial charge in [-0.05, 0) is 57.4 Å². The van der Waals surface area contributed by atoms with Gasteiger partial charge in [-0.15, -0.1) is 0 Å². The summed E-state index contributed by atoms with van der Waals surface area (Å²) in [6.45, 7) is 4.26. The Morgan fingerprint density at radius 2 is 2.06 bits per heavy atom. The van der Waals surface area contributed by atoms with Gasteiger partial charge in [0.1, 0.15) is 0 Å². The van der Waals surface area contributed by atoms with Gasteiger partial charge in [-0.1, -0.05) is 6.42 Å². The van der Waals surface area contributed by atoms with E-state index >= 15 is 0 Å². The van der Waals surface area contributed by atoms with E-state index in [1.54, 1.807) is 0 Å². The lowest BCUT2D eigenvalue weighted by Crippen LogP contribution is -2.51. The molecule has 3 nitrogen and oxygen atoms in total. The molecule has 17 heavy (non-hydrogen) atoms. The highest BCUT2D eigenvalue weighted by Crippen LogP contribution is 2.38. The molecule has 0 aromatic rings. The Morgan fingerprint density at radius 1 is 1.18 bits per heavy atom. The molecule has 4 unspecified atom stereocenters. The van der Waals surface area contributed by atoms with Crippen LogP contribution in [0, 0.1) is 11.8 Å². The molecule has 1 aliphatic carbocycles. The van der Waals surface area contributed by atoms with Gasteiger partial charge in [0.15, 0.2) is 0 Å². The molecule has 0 spiro atoms. The summed E-state index contributed by atoms with van der Waals surface area (Å²) in [6, 6.07) is 0.599. The van der Waals surface area contributed by atoms with Crippen molar-refractivity contribution in [1.29, 1.82) is 0 Å². The molecule has 3 heteroatoms. The largest absolute Gasteiger partial charge is 0.339 e. The summed E-state index contributed by atoms with van der Waals surface area (Å²) in [7, 11) is 0. The molecular formula is C14H24N2O. The molecule has 4 atom stereocenters. The Bertz CT molecular complexity index is 305. The minimum absolute atomic E-state index is 0.142. The van der Waals surface area contributed by atoms with Gasteiger partial charge < -0.3 is 10.2 Å². The van der Waals surface area contributed by atoms with Crippen molar-refractivity contribution >= 4 is 5.91 Å². The van der Waals surface area contributed by atoms with Gasteiger partial charge in [-0.3, -0.25) is 4.79 Å². The highest BCUT2D eigenvalue weighted by atomic mass is 16.2. The van der Waals surface area contributed by atoms with Crippen LogP contribution in [0.25, 0.3) is 0 Å². The molecule has 2 saturated heterocycles. The maximum atomic E-state index is 12.6. The molecule has 2 heterocycles. The number of piperidine rings is 1. The Labute approximate surface area is 104 Å². The SMILES string of the molecule is CC1CCCCN1C(=O)C1NCC2CCCC21. The third-order valence-corrected chi connectivity index (χ3v) is 5.10. The average Bonchev–Trinajstić information content (AvgIpc) is 2.90. The predicted octanol–water partition coefficient (Wildman–Crippen LogP) is 1.78. The number of likely N-dealkylation sites (tertiary alicyclic amines) is 1. The second-order valence-corrected chi connectivity index (χ2v) is 6.12. The molecule has 2 aliphatic heterocycles. The minimum Gasteiger partial charge on any atom is -0.339 e. The van der Waals surface area contributed by atoms with E-state index in [0.29, 0.717) is 17.9 Å². The molecule has 96 valence electrons. The van der Waals surface area contributed by atoms with E-state index in [9.17, 15) is 4.79 Å². The zero-order chi connectivity index (χ0) is 11.8. The van der Waals surface area contributed by atoms with Gasteiger partial charge in [-0.25, -0.2) is 0 Å². The number of amides is 1. The zero-order valence-corrected chi connectivity index (χ0v) is 10.8. The number of fused-ring (bicyclic) bond motifs is 1. The van der Waals surface area contributed by atoms with Crippen LogP contribution < -0.4 is 5.32 Å². The Kier molecular flexibility index (Phi) is 3.12. The van der Waals surface area contributed by atoms with Crippen molar-refractivity contribution in [1.82, 2.24) is 10.2 Å². The quantitative estimate of drug-likeness (QED) is 0.752. The van der Waals surface area contributed by atoms with E-state index in [1.165, 1.54) is 38.5 Å². The first-order valence-corrected chi connectivity index (χ1v) is 7.31. The van der Waals surface area contributed by atoms with Gasteiger partial charge in [0.25, 0.3) is 0 Å². The van der Waals surface area contributed by atoms with Crippen LogP contribution in [0.3, 0.4) is 0 Å². The number of carbonyl (C=O) groups excluding carboxylic acids is 1. The van der Waals surface area contributed by atoms with Crippen LogP contribution >= 0.6 is 0 Å². The monoisotopic (exact) mass is 236 g/mol. The summed E-state index contributed by atoms with van der Waals surface area (Å²) in [6.07, 6.45) is 7.59. The van der Waals surface area contributed by atoms with E-state index in [4.69, 9.17) is 0 Å². The normalized spacial score (nSPS) is 41.6.